The quantitative estimate of drug-likeness (QED) is 0.0843. The lowest BCUT2D eigenvalue weighted by atomic mass is 9.54. The molecule has 0 spiro atoms. The van der Waals surface area contributed by atoms with Gasteiger partial charge in [0.1, 0.15) is 28.7 Å². The molecule has 9 heteroatoms. The average Bonchev–Trinajstić information content (AvgIpc) is 3.30. The molecule has 5 aromatic carbocycles. The molecule has 13 aliphatic rings. The van der Waals surface area contributed by atoms with Gasteiger partial charge >= 0.3 is 0 Å². The van der Waals surface area contributed by atoms with E-state index in [4.69, 9.17) is 33.2 Å². The molecule has 0 radical (unpaired) electrons. The van der Waals surface area contributed by atoms with Crippen LogP contribution in [0.2, 0.25) is 0 Å². The zero-order chi connectivity index (χ0) is 45.6. The van der Waals surface area contributed by atoms with Crippen LogP contribution in [-0.4, -0.2) is 37.2 Å². The summed E-state index contributed by atoms with van der Waals surface area (Å²) in [5.41, 5.74) is 3.56. The molecule has 5 aromatic rings. The maximum Gasteiger partial charge on any atom is 0.189 e. The van der Waals surface area contributed by atoms with Crippen molar-refractivity contribution in [1.29, 1.82) is 0 Å². The highest BCUT2D eigenvalue weighted by molar-refractivity contribution is 14.1. The lowest BCUT2D eigenvalue weighted by Crippen LogP contribution is -2.52. The molecule has 1 heterocycles. The predicted molar refractivity (Wildman–Crippen MR) is 283 cm³/mol. The standard InChI is InChI=1S/C60H64I2O7/c61-50-20-45(21-51(62)57(50)65-33-68-60-28-40-15-41(29-60)17-42(16-40)30-60)54-55-48-5-3-46(63-31-66-58-22-34-9-35(23-58)11-36(10-34)24-58)18-43(48)1-7-52(55)69-53-8-2-44-19-47(4-6-49(44)56(53)54)64-32-67-59-25-37-12-38(26-59)14-39(13-37)27-59/h1-8,18-21,34-42,54H,9-17,22-33H2. The molecule has 0 unspecified atom stereocenters. The number of hydrogen-bond acceptors (Lipinski definition) is 7. The van der Waals surface area contributed by atoms with Crippen molar-refractivity contribution in [2.24, 2.45) is 53.3 Å². The fourth-order valence-corrected chi connectivity index (χ4v) is 20.5. The summed E-state index contributed by atoms with van der Waals surface area (Å²) in [6, 6.07) is 26.5. The minimum Gasteiger partial charge on any atom is -0.468 e. The Kier molecular flexibility index (Phi) is 10.5. The maximum atomic E-state index is 6.96. The highest BCUT2D eigenvalue weighted by Gasteiger charge is 2.54. The molecule has 18 rings (SSSR count). The Bertz CT molecular complexity index is 2600. The van der Waals surface area contributed by atoms with E-state index in [2.05, 4.69) is 118 Å². The highest BCUT2D eigenvalue weighted by atomic mass is 127. The molecule has 12 aliphatic carbocycles. The number of rotatable bonds is 13. The fraction of sp³-hybridized carbons (Fsp3) is 0.567. The van der Waals surface area contributed by atoms with E-state index in [9.17, 15) is 0 Å². The summed E-state index contributed by atoms with van der Waals surface area (Å²) >= 11 is 4.98. The first-order valence-electron chi connectivity index (χ1n) is 26.8. The summed E-state index contributed by atoms with van der Waals surface area (Å²) in [6.07, 6.45) is 23.5. The van der Waals surface area contributed by atoms with Crippen LogP contribution in [0.5, 0.6) is 28.7 Å². The average molecular weight is 1150 g/mol. The van der Waals surface area contributed by atoms with Gasteiger partial charge in [0.05, 0.1) is 23.9 Å². The number of ether oxygens (including phenoxy) is 7. The Labute approximate surface area is 434 Å². The van der Waals surface area contributed by atoms with Crippen molar-refractivity contribution in [3.8, 4) is 28.7 Å². The maximum absolute atomic E-state index is 6.96. The molecular formula is C60H64I2O7. The molecule has 0 N–H and O–H groups in total. The molecule has 1 aliphatic heterocycles. The summed E-state index contributed by atoms with van der Waals surface area (Å²) in [6.45, 7) is 0.894. The van der Waals surface area contributed by atoms with E-state index in [-0.39, 0.29) is 22.7 Å². The van der Waals surface area contributed by atoms with Crippen molar-refractivity contribution in [3.05, 3.63) is 96.6 Å². The fourth-order valence-electron chi connectivity index (χ4n) is 18.3. The predicted octanol–water partition coefficient (Wildman–Crippen LogP) is 15.5. The van der Waals surface area contributed by atoms with Crippen LogP contribution in [0.25, 0.3) is 21.5 Å². The topological polar surface area (TPSA) is 64.6 Å². The number of fused-ring (bicyclic) bond motifs is 6. The van der Waals surface area contributed by atoms with E-state index in [0.717, 1.165) is 111 Å². The SMILES string of the molecule is Ic1cc(C2c3c(ccc4cc(OCOC56CC7CC(CC(C7)C5)C6)ccc34)Oc3ccc4cc(OCOC56CC7CC(CC(C7)C5)C6)ccc4c32)cc(I)c1OCOC12CC3CC(CC(C3)C1)C2. The van der Waals surface area contributed by atoms with Gasteiger partial charge in [0.25, 0.3) is 0 Å². The Morgan fingerprint density at radius 1 is 0.420 bits per heavy atom. The van der Waals surface area contributed by atoms with E-state index < -0.39 is 0 Å². The third kappa shape index (κ3) is 7.75. The van der Waals surface area contributed by atoms with Gasteiger partial charge in [0, 0.05) is 17.0 Å². The smallest absolute Gasteiger partial charge is 0.189 e. The Morgan fingerprint density at radius 2 is 0.768 bits per heavy atom. The molecule has 0 saturated heterocycles. The second-order valence-corrected chi connectivity index (χ2v) is 26.9. The summed E-state index contributed by atoms with van der Waals surface area (Å²) in [4.78, 5) is 0. The lowest BCUT2D eigenvalue weighted by molar-refractivity contribution is -0.191. The normalized spacial score (nSPS) is 37.0. The van der Waals surface area contributed by atoms with E-state index >= 15 is 0 Å². The Hall–Kier alpha value is -2.84. The first-order chi connectivity index (χ1) is 33.7. The van der Waals surface area contributed by atoms with Crippen LogP contribution in [0.4, 0.5) is 0 Å². The number of halogens is 2. The van der Waals surface area contributed by atoms with E-state index in [1.807, 2.05) is 0 Å². The molecule has 12 saturated carbocycles. The van der Waals surface area contributed by atoms with Crippen molar-refractivity contribution in [2.75, 3.05) is 20.4 Å². The van der Waals surface area contributed by atoms with Gasteiger partial charge in [-0.25, -0.2) is 0 Å². The first-order valence-corrected chi connectivity index (χ1v) is 28.9. The van der Waals surface area contributed by atoms with Crippen molar-refractivity contribution in [3.63, 3.8) is 0 Å². The molecule has 12 fully saturated rings. The molecule has 12 bridgehead atoms. The summed E-state index contributed by atoms with van der Waals surface area (Å²) in [7, 11) is 0. The van der Waals surface area contributed by atoms with Gasteiger partial charge in [-0.05, 0) is 290 Å². The van der Waals surface area contributed by atoms with E-state index in [1.165, 1.54) is 132 Å². The van der Waals surface area contributed by atoms with Crippen LogP contribution in [-0.2, 0) is 14.2 Å². The Balaban J connectivity index is 0.739. The van der Waals surface area contributed by atoms with Crippen LogP contribution in [0.3, 0.4) is 0 Å². The summed E-state index contributed by atoms with van der Waals surface area (Å²) < 4.78 is 48.9. The first kappa shape index (κ1) is 43.7. The van der Waals surface area contributed by atoms with Gasteiger partial charge in [-0.1, -0.05) is 24.3 Å². The largest absolute Gasteiger partial charge is 0.468 e. The van der Waals surface area contributed by atoms with Crippen molar-refractivity contribution in [2.45, 2.75) is 138 Å². The van der Waals surface area contributed by atoms with Gasteiger partial charge in [0.15, 0.2) is 20.4 Å². The van der Waals surface area contributed by atoms with Gasteiger partial charge in [-0.2, -0.15) is 0 Å². The number of benzene rings is 5. The van der Waals surface area contributed by atoms with Crippen LogP contribution in [0.15, 0.2) is 72.8 Å². The molecule has 0 amide bonds. The van der Waals surface area contributed by atoms with Crippen molar-refractivity contribution in [1.82, 2.24) is 0 Å². The van der Waals surface area contributed by atoms with E-state index in [0.29, 0.717) is 20.4 Å². The van der Waals surface area contributed by atoms with Gasteiger partial charge in [-0.3, -0.25) is 0 Å². The highest BCUT2D eigenvalue weighted by Crippen LogP contribution is 2.60. The lowest BCUT2D eigenvalue weighted by Gasteiger charge is -2.56. The van der Waals surface area contributed by atoms with Crippen LogP contribution >= 0.6 is 45.2 Å². The van der Waals surface area contributed by atoms with Crippen LogP contribution in [0.1, 0.15) is 138 Å². The van der Waals surface area contributed by atoms with Crippen LogP contribution < -0.4 is 18.9 Å². The zero-order valence-electron chi connectivity index (χ0n) is 39.7. The summed E-state index contributed by atoms with van der Waals surface area (Å²) in [5, 5.41) is 4.56. The molecular weight excluding hydrogens is 1090 g/mol. The molecule has 69 heavy (non-hydrogen) atoms. The van der Waals surface area contributed by atoms with Gasteiger partial charge < -0.3 is 33.2 Å². The van der Waals surface area contributed by atoms with Crippen LogP contribution in [0, 0.1) is 60.4 Å². The number of hydrogen-bond donors (Lipinski definition) is 0. The molecule has 0 atom stereocenters. The molecule has 0 aromatic heterocycles. The van der Waals surface area contributed by atoms with Gasteiger partial charge in [0.2, 0.25) is 0 Å². The second-order valence-electron chi connectivity index (χ2n) is 24.6. The third-order valence-electron chi connectivity index (χ3n) is 19.8. The van der Waals surface area contributed by atoms with Crippen molar-refractivity contribution < 1.29 is 33.2 Å². The zero-order valence-corrected chi connectivity index (χ0v) is 44.0. The minimum atomic E-state index is -0.118. The summed E-state index contributed by atoms with van der Waals surface area (Å²) in [5.74, 6) is 11.8. The minimum absolute atomic E-state index is 0.00191. The monoisotopic (exact) mass is 1150 g/mol. The molecule has 360 valence electrons. The van der Waals surface area contributed by atoms with Crippen molar-refractivity contribution >= 4 is 66.7 Å². The third-order valence-corrected chi connectivity index (χ3v) is 21.4. The van der Waals surface area contributed by atoms with Gasteiger partial charge in [-0.15, -0.1) is 0 Å². The second kappa shape index (κ2) is 16.6. The molecule has 7 nitrogen and oxygen atoms in total. The Morgan fingerprint density at radius 3 is 1.13 bits per heavy atom. The van der Waals surface area contributed by atoms with E-state index in [1.54, 1.807) is 0 Å².